The van der Waals surface area contributed by atoms with Crippen LogP contribution in [0.5, 0.6) is 0 Å². The maximum atomic E-state index is 12.4. The van der Waals surface area contributed by atoms with Gasteiger partial charge in [0.15, 0.2) is 0 Å². The van der Waals surface area contributed by atoms with Crippen molar-refractivity contribution in [3.63, 3.8) is 0 Å². The SMILES string of the molecule is Cc1ccc(-c2cccc3c2ccn3C(=O)OC(C)(C)C)cc1. The summed E-state index contributed by atoms with van der Waals surface area (Å²) in [4.78, 5) is 12.4. The fourth-order valence-electron chi connectivity index (χ4n) is 2.62. The van der Waals surface area contributed by atoms with E-state index in [1.165, 1.54) is 5.56 Å². The molecule has 3 nitrogen and oxygen atoms in total. The Kier molecular flexibility index (Phi) is 3.72. The summed E-state index contributed by atoms with van der Waals surface area (Å²) >= 11 is 0. The van der Waals surface area contributed by atoms with E-state index in [4.69, 9.17) is 4.74 Å². The zero-order valence-corrected chi connectivity index (χ0v) is 14.0. The van der Waals surface area contributed by atoms with Crippen molar-refractivity contribution in [3.05, 3.63) is 60.3 Å². The minimum absolute atomic E-state index is 0.353. The summed E-state index contributed by atoms with van der Waals surface area (Å²) in [7, 11) is 0. The lowest BCUT2D eigenvalue weighted by molar-refractivity contribution is 0.0544. The highest BCUT2D eigenvalue weighted by atomic mass is 16.6. The number of aryl methyl sites for hydroxylation is 1. The van der Waals surface area contributed by atoms with Crippen molar-refractivity contribution in [1.82, 2.24) is 4.57 Å². The second-order valence-electron chi connectivity index (χ2n) is 6.77. The molecule has 0 atom stereocenters. The third-order valence-electron chi connectivity index (χ3n) is 3.69. The number of hydrogen-bond acceptors (Lipinski definition) is 2. The Balaban J connectivity index is 2.07. The topological polar surface area (TPSA) is 31.2 Å². The zero-order chi connectivity index (χ0) is 16.6. The molecule has 0 aliphatic heterocycles. The van der Waals surface area contributed by atoms with Gasteiger partial charge in [0.25, 0.3) is 0 Å². The summed E-state index contributed by atoms with van der Waals surface area (Å²) in [6.07, 6.45) is 1.42. The summed E-state index contributed by atoms with van der Waals surface area (Å²) < 4.78 is 7.04. The lowest BCUT2D eigenvalue weighted by Gasteiger charge is -2.19. The van der Waals surface area contributed by atoms with Gasteiger partial charge in [0.2, 0.25) is 0 Å². The van der Waals surface area contributed by atoms with E-state index in [-0.39, 0.29) is 6.09 Å². The molecule has 0 amide bonds. The van der Waals surface area contributed by atoms with Crippen LogP contribution in [0.3, 0.4) is 0 Å². The predicted molar refractivity (Wildman–Crippen MR) is 93.7 cm³/mol. The third kappa shape index (κ3) is 3.14. The fraction of sp³-hybridized carbons (Fsp3) is 0.250. The van der Waals surface area contributed by atoms with Gasteiger partial charge in [-0.05, 0) is 51.0 Å². The van der Waals surface area contributed by atoms with Gasteiger partial charge in [-0.25, -0.2) is 4.79 Å². The first kappa shape index (κ1) is 15.3. The first-order valence-corrected chi connectivity index (χ1v) is 7.76. The van der Waals surface area contributed by atoms with Crippen LogP contribution in [0.4, 0.5) is 4.79 Å². The molecule has 0 radical (unpaired) electrons. The normalized spacial score (nSPS) is 11.7. The molecule has 0 spiro atoms. The number of rotatable bonds is 1. The van der Waals surface area contributed by atoms with Crippen LogP contribution >= 0.6 is 0 Å². The van der Waals surface area contributed by atoms with Gasteiger partial charge < -0.3 is 4.74 Å². The van der Waals surface area contributed by atoms with Crippen molar-refractivity contribution in [3.8, 4) is 11.1 Å². The van der Waals surface area contributed by atoms with Crippen molar-refractivity contribution in [2.24, 2.45) is 0 Å². The molecule has 0 unspecified atom stereocenters. The average molecular weight is 307 g/mol. The standard InChI is InChI=1S/C20H21NO2/c1-14-8-10-15(11-9-14)16-6-5-7-18-17(16)12-13-21(18)19(22)23-20(2,3)4/h5-13H,1-4H3. The highest BCUT2D eigenvalue weighted by Gasteiger charge is 2.19. The zero-order valence-electron chi connectivity index (χ0n) is 14.0. The molecule has 1 aromatic heterocycles. The van der Waals surface area contributed by atoms with E-state index < -0.39 is 5.60 Å². The molecule has 23 heavy (non-hydrogen) atoms. The Labute approximate surface area is 136 Å². The van der Waals surface area contributed by atoms with Crippen LogP contribution < -0.4 is 0 Å². The van der Waals surface area contributed by atoms with Gasteiger partial charge in [0, 0.05) is 11.6 Å². The van der Waals surface area contributed by atoms with Crippen LogP contribution in [0, 0.1) is 6.92 Å². The number of aromatic nitrogens is 1. The number of benzene rings is 2. The highest BCUT2D eigenvalue weighted by molar-refractivity contribution is 5.99. The van der Waals surface area contributed by atoms with Gasteiger partial charge >= 0.3 is 6.09 Å². The molecule has 0 N–H and O–H groups in total. The minimum atomic E-state index is -0.512. The summed E-state index contributed by atoms with van der Waals surface area (Å²) in [6.45, 7) is 7.68. The molecule has 0 aliphatic carbocycles. The molecule has 0 saturated carbocycles. The van der Waals surface area contributed by atoms with Crippen molar-refractivity contribution in [2.45, 2.75) is 33.3 Å². The lowest BCUT2D eigenvalue weighted by atomic mass is 10.0. The summed E-state index contributed by atoms with van der Waals surface area (Å²) in [5.41, 5.74) is 3.83. The largest absolute Gasteiger partial charge is 0.443 e. The van der Waals surface area contributed by atoms with Crippen LogP contribution in [0.1, 0.15) is 26.3 Å². The van der Waals surface area contributed by atoms with Crippen LogP contribution in [0.25, 0.3) is 22.0 Å². The first-order chi connectivity index (χ1) is 10.8. The van der Waals surface area contributed by atoms with Crippen molar-refractivity contribution in [1.29, 1.82) is 0 Å². The van der Waals surface area contributed by atoms with Crippen LogP contribution in [-0.2, 0) is 4.74 Å². The maximum absolute atomic E-state index is 12.4. The third-order valence-corrected chi connectivity index (χ3v) is 3.69. The molecule has 3 heteroatoms. The summed E-state index contributed by atoms with van der Waals surface area (Å²) in [6, 6.07) is 16.4. The van der Waals surface area contributed by atoms with E-state index >= 15 is 0 Å². The Morgan fingerprint density at radius 1 is 1.00 bits per heavy atom. The number of carbonyl (C=O) groups is 1. The number of hydrogen-bond donors (Lipinski definition) is 0. The van der Waals surface area contributed by atoms with Crippen molar-refractivity contribution < 1.29 is 9.53 Å². The first-order valence-electron chi connectivity index (χ1n) is 7.76. The van der Waals surface area contributed by atoms with Crippen LogP contribution in [0.2, 0.25) is 0 Å². The molecule has 0 aliphatic rings. The van der Waals surface area contributed by atoms with Gasteiger partial charge in [-0.2, -0.15) is 0 Å². The monoisotopic (exact) mass is 307 g/mol. The van der Waals surface area contributed by atoms with Gasteiger partial charge in [0.1, 0.15) is 5.60 Å². The molecule has 3 aromatic rings. The van der Waals surface area contributed by atoms with Crippen LogP contribution in [-0.4, -0.2) is 16.3 Å². The Morgan fingerprint density at radius 2 is 1.70 bits per heavy atom. The second-order valence-corrected chi connectivity index (χ2v) is 6.77. The van der Waals surface area contributed by atoms with E-state index in [0.717, 1.165) is 22.0 Å². The molecule has 2 aromatic carbocycles. The smallest absolute Gasteiger partial charge is 0.418 e. The molecule has 0 fully saturated rings. The lowest BCUT2D eigenvalue weighted by Crippen LogP contribution is -2.26. The maximum Gasteiger partial charge on any atom is 0.418 e. The van der Waals surface area contributed by atoms with Crippen LogP contribution in [0.15, 0.2) is 54.7 Å². The minimum Gasteiger partial charge on any atom is -0.443 e. The number of carbonyl (C=O) groups excluding carboxylic acids is 1. The molecule has 118 valence electrons. The highest BCUT2D eigenvalue weighted by Crippen LogP contribution is 2.30. The molecular formula is C20H21NO2. The van der Waals surface area contributed by atoms with E-state index in [9.17, 15) is 4.79 Å². The predicted octanol–water partition coefficient (Wildman–Crippen LogP) is 5.40. The molecule has 3 rings (SSSR count). The van der Waals surface area contributed by atoms with Gasteiger partial charge in [-0.15, -0.1) is 0 Å². The second kappa shape index (κ2) is 5.58. The number of fused-ring (bicyclic) bond motifs is 1. The van der Waals surface area contributed by atoms with E-state index in [1.807, 2.05) is 39.0 Å². The molecule has 1 heterocycles. The number of ether oxygens (including phenoxy) is 1. The Bertz CT molecular complexity index is 851. The van der Waals surface area contributed by atoms with E-state index in [1.54, 1.807) is 10.8 Å². The molecular weight excluding hydrogens is 286 g/mol. The average Bonchev–Trinajstić information content (AvgIpc) is 2.90. The number of nitrogens with zero attached hydrogens (tertiary/aromatic N) is 1. The summed E-state index contributed by atoms with van der Waals surface area (Å²) in [5.74, 6) is 0. The Hall–Kier alpha value is -2.55. The fourth-order valence-corrected chi connectivity index (χ4v) is 2.62. The van der Waals surface area contributed by atoms with Crippen molar-refractivity contribution >= 4 is 17.0 Å². The van der Waals surface area contributed by atoms with Gasteiger partial charge in [-0.3, -0.25) is 4.57 Å². The quantitative estimate of drug-likeness (QED) is 0.602. The van der Waals surface area contributed by atoms with Crippen molar-refractivity contribution in [2.75, 3.05) is 0 Å². The van der Waals surface area contributed by atoms with E-state index in [0.29, 0.717) is 0 Å². The molecule has 0 saturated heterocycles. The van der Waals surface area contributed by atoms with E-state index in [2.05, 4.69) is 37.3 Å². The molecule has 0 bridgehead atoms. The van der Waals surface area contributed by atoms with Gasteiger partial charge in [-0.1, -0.05) is 42.0 Å². The van der Waals surface area contributed by atoms with Gasteiger partial charge in [0.05, 0.1) is 5.52 Å². The summed E-state index contributed by atoms with van der Waals surface area (Å²) in [5, 5.41) is 1.04. The Morgan fingerprint density at radius 3 is 2.35 bits per heavy atom.